The minimum absolute atomic E-state index is 0.109. The fraction of sp³-hybridized carbons (Fsp3) is 0.286. The van der Waals surface area contributed by atoms with Gasteiger partial charge in [-0.25, -0.2) is 4.79 Å². The second-order valence-corrected chi connectivity index (χ2v) is 1.85. The van der Waals surface area contributed by atoms with Crippen LogP contribution in [-0.4, -0.2) is 12.1 Å². The van der Waals surface area contributed by atoms with E-state index in [1.54, 1.807) is 12.2 Å². The molecule has 0 aromatic heterocycles. The normalized spacial score (nSPS) is 25.3. The van der Waals surface area contributed by atoms with Crippen LogP contribution in [0.5, 0.6) is 0 Å². The van der Waals surface area contributed by atoms with Crippen molar-refractivity contribution in [3.05, 3.63) is 24.8 Å². The molecule has 0 bridgehead atoms. The Bertz CT molecular complexity index is 158. The smallest absolute Gasteiger partial charge is 0.331 e. The van der Waals surface area contributed by atoms with Gasteiger partial charge in [-0.05, 0) is 0 Å². The van der Waals surface area contributed by atoms with Gasteiger partial charge in [0.05, 0.1) is 0 Å². The molecular formula is C7H8O2. The zero-order chi connectivity index (χ0) is 6.69. The highest BCUT2D eigenvalue weighted by Gasteiger charge is 2.10. The summed E-state index contributed by atoms with van der Waals surface area (Å²) < 4.78 is 4.79. The van der Waals surface area contributed by atoms with Crippen LogP contribution in [0.1, 0.15) is 6.42 Å². The van der Waals surface area contributed by atoms with Gasteiger partial charge in [0.2, 0.25) is 0 Å². The first-order chi connectivity index (χ1) is 4.33. The molecule has 0 N–H and O–H groups in total. The van der Waals surface area contributed by atoms with Gasteiger partial charge in [0.25, 0.3) is 0 Å². The summed E-state index contributed by atoms with van der Waals surface area (Å²) in [6.07, 6.45) is 5.50. The highest BCUT2D eigenvalue weighted by atomic mass is 16.5. The van der Waals surface area contributed by atoms with Crippen molar-refractivity contribution >= 4 is 5.97 Å². The summed E-state index contributed by atoms with van der Waals surface area (Å²) in [6, 6.07) is 0. The Hall–Kier alpha value is -1.05. The molecule has 0 saturated heterocycles. The Kier molecular flexibility index (Phi) is 1.68. The van der Waals surface area contributed by atoms with Crippen molar-refractivity contribution in [3.63, 3.8) is 0 Å². The highest BCUT2D eigenvalue weighted by molar-refractivity contribution is 5.82. The van der Waals surface area contributed by atoms with Gasteiger partial charge < -0.3 is 4.74 Å². The second kappa shape index (κ2) is 2.49. The molecule has 48 valence electrons. The lowest BCUT2D eigenvalue weighted by Gasteiger charge is -2.13. The quantitative estimate of drug-likeness (QED) is 0.385. The fourth-order valence-corrected chi connectivity index (χ4v) is 0.679. The second-order valence-electron chi connectivity index (χ2n) is 1.85. The van der Waals surface area contributed by atoms with Crippen molar-refractivity contribution in [1.29, 1.82) is 0 Å². The number of hydrogen-bond donors (Lipinski definition) is 0. The van der Waals surface area contributed by atoms with Crippen LogP contribution in [0.3, 0.4) is 0 Å². The Balaban J connectivity index is 2.56. The highest BCUT2D eigenvalue weighted by Crippen LogP contribution is 2.06. The molecule has 0 aliphatic carbocycles. The van der Waals surface area contributed by atoms with Crippen LogP contribution in [0.25, 0.3) is 0 Å². The van der Waals surface area contributed by atoms with Gasteiger partial charge >= 0.3 is 5.97 Å². The zero-order valence-electron chi connectivity index (χ0n) is 5.04. The van der Waals surface area contributed by atoms with E-state index in [2.05, 4.69) is 6.58 Å². The molecule has 2 heteroatoms. The number of ether oxygens (including phenoxy) is 1. The topological polar surface area (TPSA) is 26.3 Å². The molecule has 0 fully saturated rings. The summed E-state index contributed by atoms with van der Waals surface area (Å²) in [6.45, 7) is 3.51. The minimum atomic E-state index is -0.272. The Labute approximate surface area is 53.8 Å². The molecule has 1 aliphatic heterocycles. The van der Waals surface area contributed by atoms with Gasteiger partial charge in [0, 0.05) is 12.5 Å². The lowest BCUT2D eigenvalue weighted by Crippen LogP contribution is -2.16. The predicted octanol–water partition coefficient (Wildman–Crippen LogP) is 1.04. The van der Waals surface area contributed by atoms with Gasteiger partial charge in [-0.1, -0.05) is 18.7 Å². The monoisotopic (exact) mass is 124 g/mol. The van der Waals surface area contributed by atoms with Crippen LogP contribution >= 0.6 is 0 Å². The standard InChI is InChI=1S/C7H8O2/c1-2-6-4-3-5-7(8)9-6/h2-3,5-6H,1,4H2/t6-/m0/s1. The van der Waals surface area contributed by atoms with E-state index in [0.717, 1.165) is 6.42 Å². The van der Waals surface area contributed by atoms with Crippen molar-refractivity contribution in [2.24, 2.45) is 0 Å². The molecule has 0 aromatic carbocycles. The predicted molar refractivity (Wildman–Crippen MR) is 33.8 cm³/mol. The summed E-state index contributed by atoms with van der Waals surface area (Å²) in [5.41, 5.74) is 0. The summed E-state index contributed by atoms with van der Waals surface area (Å²) in [5.74, 6) is -0.272. The molecule has 9 heavy (non-hydrogen) atoms. The number of cyclic esters (lactones) is 1. The Morgan fingerprint density at radius 2 is 2.67 bits per heavy atom. The zero-order valence-corrected chi connectivity index (χ0v) is 5.04. The average Bonchev–Trinajstić information content (AvgIpc) is 1.88. The Morgan fingerprint density at radius 1 is 1.89 bits per heavy atom. The molecule has 2 nitrogen and oxygen atoms in total. The lowest BCUT2D eigenvalue weighted by atomic mass is 10.2. The van der Waals surface area contributed by atoms with Crippen LogP contribution in [-0.2, 0) is 9.53 Å². The van der Waals surface area contributed by atoms with Gasteiger partial charge in [0.15, 0.2) is 0 Å². The molecule has 0 radical (unpaired) electrons. The van der Waals surface area contributed by atoms with E-state index < -0.39 is 0 Å². The van der Waals surface area contributed by atoms with E-state index in [1.807, 2.05) is 0 Å². The van der Waals surface area contributed by atoms with Gasteiger partial charge in [0.1, 0.15) is 6.10 Å². The number of carbonyl (C=O) groups excluding carboxylic acids is 1. The average molecular weight is 124 g/mol. The number of carbonyl (C=O) groups is 1. The SMILES string of the molecule is C=C[C@H]1CC=CC(=O)O1. The molecule has 0 spiro atoms. The maximum atomic E-state index is 10.5. The number of rotatable bonds is 1. The summed E-state index contributed by atoms with van der Waals surface area (Å²) >= 11 is 0. The third-order valence-electron chi connectivity index (χ3n) is 1.15. The van der Waals surface area contributed by atoms with Crippen LogP contribution in [0.4, 0.5) is 0 Å². The number of hydrogen-bond acceptors (Lipinski definition) is 2. The van der Waals surface area contributed by atoms with Crippen molar-refractivity contribution in [2.45, 2.75) is 12.5 Å². The van der Waals surface area contributed by atoms with Gasteiger partial charge in [-0.2, -0.15) is 0 Å². The summed E-state index contributed by atoms with van der Waals surface area (Å²) in [4.78, 5) is 10.5. The van der Waals surface area contributed by atoms with E-state index in [0.29, 0.717) is 0 Å². The Morgan fingerprint density at radius 3 is 3.11 bits per heavy atom. The van der Waals surface area contributed by atoms with Crippen molar-refractivity contribution in [3.8, 4) is 0 Å². The first-order valence-corrected chi connectivity index (χ1v) is 2.82. The van der Waals surface area contributed by atoms with E-state index >= 15 is 0 Å². The molecule has 0 saturated carbocycles. The van der Waals surface area contributed by atoms with Crippen LogP contribution < -0.4 is 0 Å². The van der Waals surface area contributed by atoms with Crippen molar-refractivity contribution in [2.75, 3.05) is 0 Å². The van der Waals surface area contributed by atoms with E-state index in [-0.39, 0.29) is 12.1 Å². The van der Waals surface area contributed by atoms with E-state index in [1.165, 1.54) is 6.08 Å². The van der Waals surface area contributed by atoms with Gasteiger partial charge in [-0.15, -0.1) is 0 Å². The van der Waals surface area contributed by atoms with Crippen molar-refractivity contribution < 1.29 is 9.53 Å². The molecule has 1 atom stereocenters. The first kappa shape index (κ1) is 6.08. The summed E-state index contributed by atoms with van der Waals surface area (Å²) in [5, 5.41) is 0. The molecule has 1 rings (SSSR count). The molecule has 1 heterocycles. The number of esters is 1. The van der Waals surface area contributed by atoms with Crippen molar-refractivity contribution in [1.82, 2.24) is 0 Å². The third kappa shape index (κ3) is 1.42. The molecular weight excluding hydrogens is 116 g/mol. The lowest BCUT2D eigenvalue weighted by molar-refractivity contribution is -0.141. The van der Waals surface area contributed by atoms with Crippen LogP contribution in [0.15, 0.2) is 24.8 Å². The molecule has 0 amide bonds. The maximum absolute atomic E-state index is 10.5. The third-order valence-corrected chi connectivity index (χ3v) is 1.15. The largest absolute Gasteiger partial charge is 0.455 e. The first-order valence-electron chi connectivity index (χ1n) is 2.82. The van der Waals surface area contributed by atoms with Crippen LogP contribution in [0, 0.1) is 0 Å². The van der Waals surface area contributed by atoms with Crippen LogP contribution in [0.2, 0.25) is 0 Å². The van der Waals surface area contributed by atoms with E-state index in [9.17, 15) is 4.79 Å². The molecule has 1 aliphatic rings. The van der Waals surface area contributed by atoms with E-state index in [4.69, 9.17) is 4.74 Å². The molecule has 0 aromatic rings. The summed E-state index contributed by atoms with van der Waals surface area (Å²) in [7, 11) is 0. The maximum Gasteiger partial charge on any atom is 0.331 e. The fourth-order valence-electron chi connectivity index (χ4n) is 0.679. The van der Waals surface area contributed by atoms with Gasteiger partial charge in [-0.3, -0.25) is 0 Å². The molecule has 0 unspecified atom stereocenters. The minimum Gasteiger partial charge on any atom is -0.455 e.